The van der Waals surface area contributed by atoms with Crippen molar-refractivity contribution in [1.29, 1.82) is 0 Å². The molecule has 0 aliphatic carbocycles. The second-order valence-electron chi connectivity index (χ2n) is 4.06. The predicted octanol–water partition coefficient (Wildman–Crippen LogP) is -0.407. The van der Waals surface area contributed by atoms with E-state index in [1.807, 2.05) is 4.98 Å². The number of ether oxygens (including phenoxy) is 1. The number of aliphatic hydroxyl groups is 1. The lowest BCUT2D eigenvalue weighted by molar-refractivity contribution is -0.0713. The van der Waals surface area contributed by atoms with E-state index in [-0.39, 0.29) is 12.5 Å². The molecule has 2 rings (SSSR count). The number of halogens is 1. The number of aliphatic hydroxyl groups excluding tert-OH is 1. The highest BCUT2D eigenvalue weighted by Crippen LogP contribution is 2.24. The summed E-state index contributed by atoms with van der Waals surface area (Å²) in [6.07, 6.45) is 1.45. The second kappa shape index (κ2) is 4.80. The van der Waals surface area contributed by atoms with Gasteiger partial charge in [0.15, 0.2) is 0 Å². The molecule has 1 aromatic rings. The van der Waals surface area contributed by atoms with Crippen LogP contribution >= 0.6 is 0 Å². The third kappa shape index (κ3) is 2.45. The van der Waals surface area contributed by atoms with Gasteiger partial charge in [-0.15, -0.1) is 0 Å². The lowest BCUT2D eigenvalue weighted by Gasteiger charge is -2.28. The molecule has 2 unspecified atom stereocenters. The van der Waals surface area contributed by atoms with Gasteiger partial charge >= 0.3 is 5.69 Å². The van der Waals surface area contributed by atoms with Crippen molar-refractivity contribution >= 4 is 0 Å². The van der Waals surface area contributed by atoms with E-state index in [0.717, 1.165) is 10.8 Å². The molecular formula is C10H13FN2O4. The van der Waals surface area contributed by atoms with Crippen LogP contribution in [-0.2, 0) is 4.74 Å². The number of nitrogens with one attached hydrogen (secondary N) is 1. The zero-order valence-electron chi connectivity index (χ0n) is 9.06. The Hall–Kier alpha value is -1.47. The van der Waals surface area contributed by atoms with Gasteiger partial charge in [-0.2, -0.15) is 4.39 Å². The molecule has 1 aromatic heterocycles. The summed E-state index contributed by atoms with van der Waals surface area (Å²) in [5.74, 6) is -0.966. The molecular weight excluding hydrogens is 231 g/mol. The molecule has 0 spiro atoms. The zero-order valence-corrected chi connectivity index (χ0v) is 9.06. The van der Waals surface area contributed by atoms with Gasteiger partial charge in [0.25, 0.3) is 5.56 Å². The Balaban J connectivity index is 2.22. The summed E-state index contributed by atoms with van der Waals surface area (Å²) >= 11 is 0. The standard InChI is InChI=1S/C10H13FN2O4/c11-7-3-13(10(16)12-9(7)15)8-2-1-6(4-14)5-17-8/h3,6,8,14H,1-2,4-5H2,(H,12,15,16). The fourth-order valence-electron chi connectivity index (χ4n) is 1.83. The molecule has 94 valence electrons. The largest absolute Gasteiger partial charge is 0.396 e. The molecule has 1 aliphatic heterocycles. The van der Waals surface area contributed by atoms with E-state index < -0.39 is 23.3 Å². The van der Waals surface area contributed by atoms with Crippen molar-refractivity contribution in [2.24, 2.45) is 5.92 Å². The van der Waals surface area contributed by atoms with E-state index in [1.165, 1.54) is 0 Å². The monoisotopic (exact) mass is 244 g/mol. The second-order valence-corrected chi connectivity index (χ2v) is 4.06. The highest BCUT2D eigenvalue weighted by molar-refractivity contribution is 4.88. The lowest BCUT2D eigenvalue weighted by Crippen LogP contribution is -2.37. The van der Waals surface area contributed by atoms with Gasteiger partial charge in [0, 0.05) is 12.5 Å². The molecule has 0 bridgehead atoms. The van der Waals surface area contributed by atoms with Crippen LogP contribution in [0.4, 0.5) is 4.39 Å². The third-order valence-corrected chi connectivity index (χ3v) is 2.84. The number of H-pyrrole nitrogens is 1. The number of nitrogens with zero attached hydrogens (tertiary/aromatic N) is 1. The van der Waals surface area contributed by atoms with Crippen LogP contribution in [0.5, 0.6) is 0 Å². The normalized spacial score (nSPS) is 24.8. The Morgan fingerprint density at radius 3 is 2.88 bits per heavy atom. The van der Waals surface area contributed by atoms with E-state index in [4.69, 9.17) is 9.84 Å². The Kier molecular flexibility index (Phi) is 3.39. The lowest BCUT2D eigenvalue weighted by atomic mass is 10.0. The van der Waals surface area contributed by atoms with E-state index in [1.54, 1.807) is 0 Å². The first kappa shape index (κ1) is 12.0. The van der Waals surface area contributed by atoms with Gasteiger partial charge in [0.05, 0.1) is 12.8 Å². The average Bonchev–Trinajstić information content (AvgIpc) is 2.34. The number of hydrogen-bond donors (Lipinski definition) is 2. The molecule has 2 N–H and O–H groups in total. The van der Waals surface area contributed by atoms with Crippen molar-refractivity contribution in [1.82, 2.24) is 9.55 Å². The quantitative estimate of drug-likeness (QED) is 0.741. The summed E-state index contributed by atoms with van der Waals surface area (Å²) < 4.78 is 19.4. The Bertz CT molecular complexity index is 502. The van der Waals surface area contributed by atoms with Crippen LogP contribution in [0.3, 0.4) is 0 Å². The van der Waals surface area contributed by atoms with Gasteiger partial charge < -0.3 is 9.84 Å². The van der Waals surface area contributed by atoms with Crippen molar-refractivity contribution in [3.63, 3.8) is 0 Å². The minimum Gasteiger partial charge on any atom is -0.396 e. The Morgan fingerprint density at radius 2 is 2.29 bits per heavy atom. The summed E-state index contributed by atoms with van der Waals surface area (Å²) in [5.41, 5.74) is -1.72. The first-order valence-electron chi connectivity index (χ1n) is 5.35. The van der Waals surface area contributed by atoms with E-state index in [2.05, 4.69) is 0 Å². The predicted molar refractivity (Wildman–Crippen MR) is 56.1 cm³/mol. The average molecular weight is 244 g/mol. The topological polar surface area (TPSA) is 84.3 Å². The molecule has 1 aliphatic rings. The minimum atomic E-state index is -1.03. The van der Waals surface area contributed by atoms with Crippen molar-refractivity contribution < 1.29 is 14.2 Å². The van der Waals surface area contributed by atoms with E-state index in [0.29, 0.717) is 19.4 Å². The zero-order chi connectivity index (χ0) is 12.4. The number of rotatable bonds is 2. The fourth-order valence-corrected chi connectivity index (χ4v) is 1.83. The first-order chi connectivity index (χ1) is 8.11. The van der Waals surface area contributed by atoms with Crippen molar-refractivity contribution in [2.45, 2.75) is 19.1 Å². The summed E-state index contributed by atoms with van der Waals surface area (Å²) in [5, 5.41) is 8.93. The van der Waals surface area contributed by atoms with Gasteiger partial charge in [0.1, 0.15) is 6.23 Å². The summed E-state index contributed by atoms with van der Waals surface area (Å²) in [4.78, 5) is 24.2. The van der Waals surface area contributed by atoms with Crippen LogP contribution in [0, 0.1) is 11.7 Å². The van der Waals surface area contributed by atoms with Gasteiger partial charge in [-0.3, -0.25) is 14.3 Å². The molecule has 7 heteroatoms. The van der Waals surface area contributed by atoms with E-state index in [9.17, 15) is 14.0 Å². The van der Waals surface area contributed by atoms with E-state index >= 15 is 0 Å². The van der Waals surface area contributed by atoms with Crippen LogP contribution in [0.1, 0.15) is 19.1 Å². The summed E-state index contributed by atoms with van der Waals surface area (Å²) in [6, 6.07) is 0. The third-order valence-electron chi connectivity index (χ3n) is 2.84. The molecule has 2 heterocycles. The number of aromatic nitrogens is 2. The highest BCUT2D eigenvalue weighted by atomic mass is 19.1. The molecule has 2 atom stereocenters. The van der Waals surface area contributed by atoms with Gasteiger partial charge in [-0.25, -0.2) is 4.79 Å². The maximum Gasteiger partial charge on any atom is 0.330 e. The number of aromatic amines is 1. The Morgan fingerprint density at radius 1 is 1.53 bits per heavy atom. The molecule has 0 aromatic carbocycles. The molecule has 0 saturated carbocycles. The molecule has 1 fully saturated rings. The van der Waals surface area contributed by atoms with Crippen LogP contribution in [0.25, 0.3) is 0 Å². The maximum atomic E-state index is 13.1. The summed E-state index contributed by atoms with van der Waals surface area (Å²) in [7, 11) is 0. The molecule has 6 nitrogen and oxygen atoms in total. The SMILES string of the molecule is O=c1[nH]c(=O)n(C2CCC(CO)CO2)cc1F. The highest BCUT2D eigenvalue weighted by Gasteiger charge is 2.23. The van der Waals surface area contributed by atoms with Crippen LogP contribution in [0.15, 0.2) is 15.8 Å². The molecule has 17 heavy (non-hydrogen) atoms. The van der Waals surface area contributed by atoms with Crippen molar-refractivity contribution in [3.05, 3.63) is 32.9 Å². The van der Waals surface area contributed by atoms with Crippen LogP contribution < -0.4 is 11.2 Å². The fraction of sp³-hybridized carbons (Fsp3) is 0.600. The van der Waals surface area contributed by atoms with Crippen molar-refractivity contribution in [2.75, 3.05) is 13.2 Å². The molecule has 0 amide bonds. The van der Waals surface area contributed by atoms with Gasteiger partial charge in [-0.05, 0) is 12.8 Å². The van der Waals surface area contributed by atoms with Crippen LogP contribution in [0.2, 0.25) is 0 Å². The van der Waals surface area contributed by atoms with Gasteiger partial charge in [-0.1, -0.05) is 0 Å². The first-order valence-corrected chi connectivity index (χ1v) is 5.35. The maximum absolute atomic E-state index is 13.1. The van der Waals surface area contributed by atoms with Crippen molar-refractivity contribution in [3.8, 4) is 0 Å². The molecule has 1 saturated heterocycles. The summed E-state index contributed by atoms with van der Waals surface area (Å²) in [6.45, 7) is 0.343. The smallest absolute Gasteiger partial charge is 0.330 e. The van der Waals surface area contributed by atoms with Crippen LogP contribution in [-0.4, -0.2) is 27.9 Å². The molecule has 0 radical (unpaired) electrons. The Labute approximate surface area is 95.7 Å². The van der Waals surface area contributed by atoms with Gasteiger partial charge in [0.2, 0.25) is 5.82 Å². The number of hydrogen-bond acceptors (Lipinski definition) is 4. The minimum absolute atomic E-state index is 0.0294.